The van der Waals surface area contributed by atoms with Crippen LogP contribution in [0.25, 0.3) is 11.1 Å². The molecule has 1 aliphatic carbocycles. The first-order chi connectivity index (χ1) is 16.0. The van der Waals surface area contributed by atoms with Gasteiger partial charge in [-0.25, -0.2) is 4.79 Å². The third kappa shape index (κ3) is 5.72. The fourth-order valence-electron chi connectivity index (χ4n) is 4.91. The third-order valence-electron chi connectivity index (χ3n) is 6.67. The van der Waals surface area contributed by atoms with Gasteiger partial charge >= 0.3 is 11.9 Å². The fourth-order valence-corrected chi connectivity index (χ4v) is 4.91. The van der Waals surface area contributed by atoms with Gasteiger partial charge in [-0.3, -0.25) is 4.79 Å². The molecule has 1 saturated carbocycles. The zero-order valence-corrected chi connectivity index (χ0v) is 19.1. The van der Waals surface area contributed by atoms with Crippen molar-refractivity contribution in [2.45, 2.75) is 63.8 Å². The molecule has 2 fully saturated rings. The van der Waals surface area contributed by atoms with Crippen molar-refractivity contribution >= 4 is 11.9 Å². The Bertz CT molecular complexity index is 983. The first kappa shape index (κ1) is 23.2. The van der Waals surface area contributed by atoms with E-state index in [0.717, 1.165) is 30.4 Å². The van der Waals surface area contributed by atoms with Crippen LogP contribution in [0.15, 0.2) is 66.7 Å². The van der Waals surface area contributed by atoms with Gasteiger partial charge in [-0.15, -0.1) is 0 Å². The maximum absolute atomic E-state index is 13.0. The Balaban J connectivity index is 1.46. The van der Waals surface area contributed by atoms with Crippen LogP contribution >= 0.6 is 0 Å². The van der Waals surface area contributed by atoms with Crippen molar-refractivity contribution in [3.05, 3.63) is 72.3 Å². The molecule has 5 atom stereocenters. The number of carbonyl (C=O) groups excluding carboxylic acids is 2. The topological polar surface area (TPSA) is 72.8 Å². The number of aliphatic hydroxyl groups excluding tert-OH is 1. The first-order valence-electron chi connectivity index (χ1n) is 12.0. The summed E-state index contributed by atoms with van der Waals surface area (Å²) in [5.41, 5.74) is 2.48. The monoisotopic (exact) mass is 448 g/mol. The van der Waals surface area contributed by atoms with E-state index in [1.54, 1.807) is 12.1 Å². The molecule has 0 aromatic heterocycles. The number of aliphatic hydroxyl groups is 1. The van der Waals surface area contributed by atoms with Gasteiger partial charge in [0.15, 0.2) is 0 Å². The number of unbranched alkanes of at least 4 members (excludes halogenated alkanes) is 2. The van der Waals surface area contributed by atoms with Crippen LogP contribution in [0.5, 0.6) is 0 Å². The molecular formula is C28H32O5. The maximum atomic E-state index is 13.0. The third-order valence-corrected chi connectivity index (χ3v) is 6.67. The second-order valence-electron chi connectivity index (χ2n) is 9.05. The van der Waals surface area contributed by atoms with Crippen molar-refractivity contribution in [2.75, 3.05) is 0 Å². The van der Waals surface area contributed by atoms with Gasteiger partial charge in [0, 0.05) is 18.3 Å². The number of carbonyl (C=O) groups is 2. The van der Waals surface area contributed by atoms with Gasteiger partial charge in [-0.05, 0) is 29.7 Å². The second kappa shape index (κ2) is 10.8. The van der Waals surface area contributed by atoms with Crippen LogP contribution in [0.4, 0.5) is 0 Å². The number of benzene rings is 2. The van der Waals surface area contributed by atoms with Crippen LogP contribution < -0.4 is 0 Å². The Morgan fingerprint density at radius 1 is 1.15 bits per heavy atom. The van der Waals surface area contributed by atoms with E-state index >= 15 is 0 Å². The van der Waals surface area contributed by atoms with E-state index in [4.69, 9.17) is 9.47 Å². The van der Waals surface area contributed by atoms with E-state index in [9.17, 15) is 14.7 Å². The normalized spacial score (nSPS) is 25.1. The molecule has 174 valence electrons. The molecule has 1 N–H and O–H groups in total. The average Bonchev–Trinajstić information content (AvgIpc) is 3.33. The summed E-state index contributed by atoms with van der Waals surface area (Å²) in [6.45, 7) is 2.13. The molecule has 1 aliphatic heterocycles. The van der Waals surface area contributed by atoms with Gasteiger partial charge in [0.05, 0.1) is 18.1 Å². The van der Waals surface area contributed by atoms with Gasteiger partial charge in [-0.1, -0.05) is 80.8 Å². The first-order valence-corrected chi connectivity index (χ1v) is 12.0. The number of fused-ring (bicyclic) bond motifs is 1. The summed E-state index contributed by atoms with van der Waals surface area (Å²) in [5.74, 6) is -0.758. The molecule has 1 saturated heterocycles. The minimum absolute atomic E-state index is 0.0231. The summed E-state index contributed by atoms with van der Waals surface area (Å²) in [6.07, 6.45) is 7.24. The largest absolute Gasteiger partial charge is 0.462 e. The number of ether oxygens (including phenoxy) is 2. The van der Waals surface area contributed by atoms with E-state index in [1.165, 1.54) is 0 Å². The van der Waals surface area contributed by atoms with E-state index < -0.39 is 6.10 Å². The lowest BCUT2D eigenvalue weighted by Gasteiger charge is -2.21. The van der Waals surface area contributed by atoms with Crippen LogP contribution in [-0.2, 0) is 14.3 Å². The van der Waals surface area contributed by atoms with Crippen molar-refractivity contribution in [2.24, 2.45) is 11.8 Å². The highest BCUT2D eigenvalue weighted by molar-refractivity contribution is 5.91. The molecule has 2 aromatic carbocycles. The number of hydrogen-bond acceptors (Lipinski definition) is 5. The summed E-state index contributed by atoms with van der Waals surface area (Å²) in [7, 11) is 0. The molecule has 5 nitrogen and oxygen atoms in total. The fraction of sp³-hybridized carbons (Fsp3) is 0.429. The van der Waals surface area contributed by atoms with Crippen LogP contribution in [0, 0.1) is 11.8 Å². The Kier molecular flexibility index (Phi) is 7.61. The lowest BCUT2D eigenvalue weighted by molar-refractivity contribution is -0.141. The highest BCUT2D eigenvalue weighted by Crippen LogP contribution is 2.43. The Morgan fingerprint density at radius 2 is 1.94 bits per heavy atom. The van der Waals surface area contributed by atoms with Gasteiger partial charge in [0.2, 0.25) is 0 Å². The number of rotatable bonds is 9. The molecule has 0 amide bonds. The summed E-state index contributed by atoms with van der Waals surface area (Å²) >= 11 is 0. The molecule has 0 spiro atoms. The molecular weight excluding hydrogens is 416 g/mol. The lowest BCUT2D eigenvalue weighted by Crippen LogP contribution is -2.25. The lowest BCUT2D eigenvalue weighted by atomic mass is 9.91. The van der Waals surface area contributed by atoms with E-state index in [1.807, 2.05) is 54.6 Å². The minimum atomic E-state index is -0.535. The summed E-state index contributed by atoms with van der Waals surface area (Å²) in [6, 6.07) is 17.3. The van der Waals surface area contributed by atoms with Gasteiger partial charge in [0.1, 0.15) is 12.2 Å². The zero-order valence-electron chi connectivity index (χ0n) is 19.1. The second-order valence-corrected chi connectivity index (χ2v) is 9.05. The van der Waals surface area contributed by atoms with E-state index in [0.29, 0.717) is 24.8 Å². The van der Waals surface area contributed by atoms with Gasteiger partial charge < -0.3 is 14.6 Å². The molecule has 33 heavy (non-hydrogen) atoms. The molecule has 0 bridgehead atoms. The highest BCUT2D eigenvalue weighted by Gasteiger charge is 2.50. The SMILES string of the molecule is CCCCC[C@H](O)/C=C/[C@@H]1[C@H]2CC(=O)O[C@H]2C[C@H]1OC(=O)c1cccc(-c2ccccc2)c1. The molecule has 1 heterocycles. The molecule has 0 radical (unpaired) electrons. The molecule has 2 aromatic rings. The highest BCUT2D eigenvalue weighted by atomic mass is 16.6. The molecule has 4 rings (SSSR count). The molecule has 2 aliphatic rings. The summed E-state index contributed by atoms with van der Waals surface area (Å²) < 4.78 is 11.4. The number of esters is 2. The van der Waals surface area contributed by atoms with E-state index in [-0.39, 0.29) is 36.0 Å². The van der Waals surface area contributed by atoms with Gasteiger partial charge in [-0.2, -0.15) is 0 Å². The standard InChI is InChI=1S/C28H32O5/c1-2-3-5-13-22(29)14-15-23-24-17-27(30)32-26(24)18-25(23)33-28(31)21-12-8-11-20(16-21)19-9-6-4-7-10-19/h4,6-12,14-16,22-26,29H,2-3,5,13,17-18H2,1H3/b15-14+/t22-,23+,24+,25+,26-/m0/s1. The van der Waals surface area contributed by atoms with Crippen LogP contribution in [0.2, 0.25) is 0 Å². The van der Waals surface area contributed by atoms with Gasteiger partial charge in [0.25, 0.3) is 0 Å². The average molecular weight is 449 g/mol. The zero-order chi connectivity index (χ0) is 23.2. The quantitative estimate of drug-likeness (QED) is 0.319. The van der Waals surface area contributed by atoms with Crippen LogP contribution in [-0.4, -0.2) is 35.4 Å². The Labute approximate surface area is 195 Å². The van der Waals surface area contributed by atoms with Crippen molar-refractivity contribution in [3.8, 4) is 11.1 Å². The van der Waals surface area contributed by atoms with Crippen molar-refractivity contribution in [3.63, 3.8) is 0 Å². The minimum Gasteiger partial charge on any atom is -0.462 e. The van der Waals surface area contributed by atoms with Crippen molar-refractivity contribution < 1.29 is 24.2 Å². The smallest absolute Gasteiger partial charge is 0.338 e. The van der Waals surface area contributed by atoms with Crippen molar-refractivity contribution in [1.29, 1.82) is 0 Å². The summed E-state index contributed by atoms with van der Waals surface area (Å²) in [4.78, 5) is 24.9. The Morgan fingerprint density at radius 3 is 2.73 bits per heavy atom. The summed E-state index contributed by atoms with van der Waals surface area (Å²) in [5, 5.41) is 10.3. The number of hydrogen-bond donors (Lipinski definition) is 1. The predicted molar refractivity (Wildman–Crippen MR) is 126 cm³/mol. The van der Waals surface area contributed by atoms with Crippen LogP contribution in [0.1, 0.15) is 55.8 Å². The Hall–Kier alpha value is -2.92. The van der Waals surface area contributed by atoms with E-state index in [2.05, 4.69) is 6.92 Å². The van der Waals surface area contributed by atoms with Crippen molar-refractivity contribution in [1.82, 2.24) is 0 Å². The predicted octanol–water partition coefficient (Wildman–Crippen LogP) is 5.33. The molecule has 0 unspecified atom stereocenters. The maximum Gasteiger partial charge on any atom is 0.338 e. The van der Waals surface area contributed by atoms with Crippen LogP contribution in [0.3, 0.4) is 0 Å². The molecule has 5 heteroatoms.